The van der Waals surface area contributed by atoms with Gasteiger partial charge in [0.15, 0.2) is 0 Å². The highest BCUT2D eigenvalue weighted by atomic mass is 19.1. The first-order chi connectivity index (χ1) is 13.5. The molecule has 1 aliphatic rings. The van der Waals surface area contributed by atoms with E-state index in [-0.39, 0.29) is 23.7 Å². The lowest BCUT2D eigenvalue weighted by Gasteiger charge is -2.24. The highest BCUT2D eigenvalue weighted by Gasteiger charge is 2.20. The number of rotatable bonds is 6. The van der Waals surface area contributed by atoms with Crippen LogP contribution < -0.4 is 5.32 Å². The summed E-state index contributed by atoms with van der Waals surface area (Å²) in [5.41, 5.74) is 1.99. The van der Waals surface area contributed by atoms with Crippen LogP contribution in [0.5, 0.6) is 0 Å². The van der Waals surface area contributed by atoms with Gasteiger partial charge in [-0.05, 0) is 49.5 Å². The fourth-order valence-corrected chi connectivity index (χ4v) is 2.85. The first-order valence-corrected chi connectivity index (χ1v) is 9.74. The van der Waals surface area contributed by atoms with Crippen molar-refractivity contribution in [1.29, 1.82) is 0 Å². The van der Waals surface area contributed by atoms with Crippen molar-refractivity contribution < 1.29 is 13.9 Å². The maximum atomic E-state index is 13.3. The van der Waals surface area contributed by atoms with Gasteiger partial charge in [0.1, 0.15) is 5.82 Å². The van der Waals surface area contributed by atoms with E-state index in [1.54, 1.807) is 24.3 Å². The van der Waals surface area contributed by atoms with Crippen molar-refractivity contribution in [3.05, 3.63) is 71.6 Å². The van der Waals surface area contributed by atoms with Crippen LogP contribution in [0.4, 0.5) is 4.39 Å². The number of allylic oxidation sites excluding steroid dienone is 4. The molecular formula is C24H28FNO2. The van der Waals surface area contributed by atoms with Gasteiger partial charge in [0.2, 0.25) is 5.91 Å². The molecule has 0 saturated carbocycles. The van der Waals surface area contributed by atoms with Crippen LogP contribution in [0.2, 0.25) is 0 Å². The standard InChI is InChI=1S/C24H28FNO2/c1-4-18(3)23(24(27)26-22-13-15-28-16-14-22)12-11-19(5-2)9-10-20-7-6-8-21(25)17-20/h5-8,11-12,17-18,22H,2,4,13-16H2,1,3H3,(H,26,27). The first kappa shape index (κ1) is 21.7. The smallest absolute Gasteiger partial charge is 0.247 e. The van der Waals surface area contributed by atoms with Crippen LogP contribution in [-0.2, 0) is 9.53 Å². The number of halogens is 1. The van der Waals surface area contributed by atoms with E-state index in [2.05, 4.69) is 30.7 Å². The Bertz CT molecular complexity index is 807. The van der Waals surface area contributed by atoms with Gasteiger partial charge in [-0.1, -0.05) is 50.5 Å². The maximum absolute atomic E-state index is 13.3. The third-order valence-corrected chi connectivity index (χ3v) is 4.80. The third-order valence-electron chi connectivity index (χ3n) is 4.80. The predicted octanol–water partition coefficient (Wildman–Crippen LogP) is 4.56. The van der Waals surface area contributed by atoms with Gasteiger partial charge in [0.25, 0.3) is 0 Å². The Hall–Kier alpha value is -2.64. The molecular weight excluding hydrogens is 353 g/mol. The largest absolute Gasteiger partial charge is 0.381 e. The van der Waals surface area contributed by atoms with Crippen molar-refractivity contribution in [3.8, 4) is 11.8 Å². The molecule has 1 aliphatic heterocycles. The fourth-order valence-electron chi connectivity index (χ4n) is 2.85. The molecule has 1 saturated heterocycles. The van der Waals surface area contributed by atoms with Gasteiger partial charge in [0, 0.05) is 36.0 Å². The molecule has 1 unspecified atom stereocenters. The second-order valence-electron chi connectivity index (χ2n) is 6.88. The first-order valence-electron chi connectivity index (χ1n) is 9.74. The highest BCUT2D eigenvalue weighted by molar-refractivity contribution is 5.94. The number of carbonyl (C=O) groups is 1. The molecule has 0 aromatic heterocycles. The number of ether oxygens (including phenoxy) is 1. The summed E-state index contributed by atoms with van der Waals surface area (Å²) in [6.45, 7) is 9.25. The molecule has 3 nitrogen and oxygen atoms in total. The number of benzene rings is 1. The average Bonchev–Trinajstić information content (AvgIpc) is 2.71. The Morgan fingerprint density at radius 1 is 1.39 bits per heavy atom. The van der Waals surface area contributed by atoms with Crippen molar-refractivity contribution in [2.24, 2.45) is 5.92 Å². The van der Waals surface area contributed by atoms with Crippen LogP contribution in [0.1, 0.15) is 38.7 Å². The molecule has 28 heavy (non-hydrogen) atoms. The van der Waals surface area contributed by atoms with Gasteiger partial charge < -0.3 is 10.1 Å². The summed E-state index contributed by atoms with van der Waals surface area (Å²) < 4.78 is 18.6. The van der Waals surface area contributed by atoms with Crippen molar-refractivity contribution in [1.82, 2.24) is 5.32 Å². The van der Waals surface area contributed by atoms with Crippen molar-refractivity contribution in [3.63, 3.8) is 0 Å². The lowest BCUT2D eigenvalue weighted by atomic mass is 9.96. The molecule has 148 valence electrons. The van der Waals surface area contributed by atoms with E-state index in [9.17, 15) is 9.18 Å². The Kier molecular flexibility index (Phi) is 8.71. The molecule has 1 amide bonds. The molecule has 4 heteroatoms. The fraction of sp³-hybridized carbons (Fsp3) is 0.375. The summed E-state index contributed by atoms with van der Waals surface area (Å²) in [6, 6.07) is 6.30. The summed E-state index contributed by atoms with van der Waals surface area (Å²) in [4.78, 5) is 12.8. The monoisotopic (exact) mass is 381 g/mol. The molecule has 1 atom stereocenters. The number of carbonyl (C=O) groups excluding carboxylic acids is 1. The minimum absolute atomic E-state index is 0.0426. The zero-order chi connectivity index (χ0) is 20.4. The molecule has 2 rings (SSSR count). The minimum Gasteiger partial charge on any atom is -0.381 e. The van der Waals surface area contributed by atoms with Gasteiger partial charge in [-0.15, -0.1) is 0 Å². The van der Waals surface area contributed by atoms with Gasteiger partial charge >= 0.3 is 0 Å². The number of hydrogen-bond acceptors (Lipinski definition) is 2. The Labute approximate surface area is 167 Å². The van der Waals surface area contributed by atoms with E-state index >= 15 is 0 Å². The predicted molar refractivity (Wildman–Crippen MR) is 111 cm³/mol. The van der Waals surface area contributed by atoms with Crippen molar-refractivity contribution in [2.75, 3.05) is 13.2 Å². The number of nitrogens with one attached hydrogen (secondary N) is 1. The normalized spacial score (nSPS) is 16.7. The lowest BCUT2D eigenvalue weighted by molar-refractivity contribution is -0.119. The summed E-state index contributed by atoms with van der Waals surface area (Å²) >= 11 is 0. The van der Waals surface area contributed by atoms with Crippen LogP contribution in [0.15, 0.2) is 60.2 Å². The molecule has 0 radical (unpaired) electrons. The molecule has 1 aromatic carbocycles. The second-order valence-corrected chi connectivity index (χ2v) is 6.88. The summed E-state index contributed by atoms with van der Waals surface area (Å²) in [5, 5.41) is 3.12. The van der Waals surface area contributed by atoms with Gasteiger partial charge in [-0.2, -0.15) is 0 Å². The van der Waals surface area contributed by atoms with E-state index in [0.29, 0.717) is 24.4 Å². The topological polar surface area (TPSA) is 38.3 Å². The summed E-state index contributed by atoms with van der Waals surface area (Å²) in [7, 11) is 0. The van der Waals surface area contributed by atoms with Gasteiger partial charge in [0.05, 0.1) is 0 Å². The van der Waals surface area contributed by atoms with E-state index < -0.39 is 0 Å². The summed E-state index contributed by atoms with van der Waals surface area (Å²) in [5.74, 6) is 5.67. The number of amides is 1. The highest BCUT2D eigenvalue weighted by Crippen LogP contribution is 2.17. The van der Waals surface area contributed by atoms with Gasteiger partial charge in [-0.25, -0.2) is 4.39 Å². The minimum atomic E-state index is -0.320. The van der Waals surface area contributed by atoms with Crippen LogP contribution in [-0.4, -0.2) is 25.2 Å². The van der Waals surface area contributed by atoms with E-state index in [1.165, 1.54) is 12.1 Å². The average molecular weight is 381 g/mol. The van der Waals surface area contributed by atoms with Crippen LogP contribution in [0, 0.1) is 23.6 Å². The van der Waals surface area contributed by atoms with E-state index in [4.69, 9.17) is 4.74 Å². The molecule has 0 spiro atoms. The van der Waals surface area contributed by atoms with Crippen LogP contribution >= 0.6 is 0 Å². The quantitative estimate of drug-likeness (QED) is 0.446. The zero-order valence-electron chi connectivity index (χ0n) is 16.6. The Morgan fingerprint density at radius 2 is 2.14 bits per heavy atom. The lowest BCUT2D eigenvalue weighted by Crippen LogP contribution is -2.40. The molecule has 0 bridgehead atoms. The maximum Gasteiger partial charge on any atom is 0.247 e. The SMILES string of the molecule is C=CC(C#Cc1cccc(F)c1)=CC=C(C(=O)NC1CCOCC1)C(C)CC. The van der Waals surface area contributed by atoms with Crippen molar-refractivity contribution in [2.45, 2.75) is 39.2 Å². The second kappa shape index (κ2) is 11.3. The Morgan fingerprint density at radius 3 is 2.79 bits per heavy atom. The zero-order valence-corrected chi connectivity index (χ0v) is 16.6. The Balaban J connectivity index is 2.18. The van der Waals surface area contributed by atoms with Gasteiger partial charge in [-0.3, -0.25) is 4.79 Å². The van der Waals surface area contributed by atoms with E-state index in [1.807, 2.05) is 13.0 Å². The van der Waals surface area contributed by atoms with Crippen LogP contribution in [0.3, 0.4) is 0 Å². The third kappa shape index (κ3) is 6.83. The van der Waals surface area contributed by atoms with E-state index in [0.717, 1.165) is 24.8 Å². The molecule has 1 fully saturated rings. The molecule has 1 aromatic rings. The molecule has 1 N–H and O–H groups in total. The van der Waals surface area contributed by atoms with Crippen molar-refractivity contribution >= 4 is 5.91 Å². The molecule has 1 heterocycles. The summed E-state index contributed by atoms with van der Waals surface area (Å²) in [6.07, 6.45) is 7.79. The molecule has 0 aliphatic carbocycles. The number of hydrogen-bond donors (Lipinski definition) is 1. The van der Waals surface area contributed by atoms with Crippen LogP contribution in [0.25, 0.3) is 0 Å².